The second-order valence-corrected chi connectivity index (χ2v) is 6.06. The lowest BCUT2D eigenvalue weighted by atomic mass is 10.0. The van der Waals surface area contributed by atoms with Crippen molar-refractivity contribution < 1.29 is 24.2 Å². The highest BCUT2D eigenvalue weighted by Crippen LogP contribution is 2.15. The van der Waals surface area contributed by atoms with Gasteiger partial charge in [0.25, 0.3) is 0 Å². The molecule has 1 fully saturated rings. The van der Waals surface area contributed by atoms with Gasteiger partial charge in [0.2, 0.25) is 11.8 Å². The number of amides is 2. The number of hydrogen-bond donors (Lipinski definition) is 3. The van der Waals surface area contributed by atoms with Crippen LogP contribution in [-0.2, 0) is 19.1 Å². The third-order valence-corrected chi connectivity index (χ3v) is 3.47. The van der Waals surface area contributed by atoms with Crippen LogP contribution in [0.25, 0.3) is 0 Å². The fourth-order valence-corrected chi connectivity index (χ4v) is 2.36. The Kier molecular flexibility index (Phi) is 7.87. The van der Waals surface area contributed by atoms with E-state index in [4.69, 9.17) is 9.84 Å². The van der Waals surface area contributed by atoms with Crippen LogP contribution in [-0.4, -0.2) is 48.2 Å². The number of hydrogen-bond acceptors (Lipinski definition) is 4. The Labute approximate surface area is 130 Å². The molecule has 1 aliphatic heterocycles. The highest BCUT2D eigenvalue weighted by molar-refractivity contribution is 5.87. The van der Waals surface area contributed by atoms with E-state index in [9.17, 15) is 14.4 Å². The van der Waals surface area contributed by atoms with Gasteiger partial charge in [-0.15, -0.1) is 0 Å². The molecule has 7 nitrogen and oxygen atoms in total. The molecule has 1 aliphatic rings. The Morgan fingerprint density at radius 3 is 2.50 bits per heavy atom. The largest absolute Gasteiger partial charge is 0.480 e. The molecule has 2 amide bonds. The second-order valence-electron chi connectivity index (χ2n) is 6.06. The van der Waals surface area contributed by atoms with Crippen LogP contribution >= 0.6 is 0 Å². The van der Waals surface area contributed by atoms with E-state index < -0.39 is 17.9 Å². The van der Waals surface area contributed by atoms with Crippen LogP contribution in [0.3, 0.4) is 0 Å². The highest BCUT2D eigenvalue weighted by atomic mass is 16.5. The van der Waals surface area contributed by atoms with Gasteiger partial charge < -0.3 is 20.5 Å². The van der Waals surface area contributed by atoms with E-state index >= 15 is 0 Å². The zero-order valence-electron chi connectivity index (χ0n) is 13.3. The quantitative estimate of drug-likeness (QED) is 0.611. The molecule has 0 aromatic heterocycles. The third-order valence-electron chi connectivity index (χ3n) is 3.47. The summed E-state index contributed by atoms with van der Waals surface area (Å²) in [4.78, 5) is 34.5. The Hall–Kier alpha value is -1.63. The molecular weight excluding hydrogens is 288 g/mol. The smallest absolute Gasteiger partial charge is 0.326 e. The van der Waals surface area contributed by atoms with Crippen molar-refractivity contribution in [3.8, 4) is 0 Å². The zero-order valence-corrected chi connectivity index (χ0v) is 13.3. The minimum atomic E-state index is -1.07. The predicted molar refractivity (Wildman–Crippen MR) is 80.2 cm³/mol. The summed E-state index contributed by atoms with van der Waals surface area (Å²) in [6.07, 6.45) is 3.44. The minimum Gasteiger partial charge on any atom is -0.480 e. The van der Waals surface area contributed by atoms with Gasteiger partial charge in [-0.2, -0.15) is 0 Å². The number of nitrogens with one attached hydrogen (secondary N) is 2. The predicted octanol–water partition coefficient (Wildman–Crippen LogP) is 0.677. The maximum Gasteiger partial charge on any atom is 0.326 e. The SMILES string of the molecule is CC(C)C[C@H](NC(=O)CNC(=O)CC1CCCCO1)C(=O)O. The van der Waals surface area contributed by atoms with Crippen molar-refractivity contribution in [2.24, 2.45) is 5.92 Å². The summed E-state index contributed by atoms with van der Waals surface area (Å²) < 4.78 is 5.46. The molecule has 7 heteroatoms. The monoisotopic (exact) mass is 314 g/mol. The van der Waals surface area contributed by atoms with Gasteiger partial charge in [0.05, 0.1) is 19.1 Å². The summed E-state index contributed by atoms with van der Waals surface area (Å²) in [5.41, 5.74) is 0. The molecule has 1 saturated heterocycles. The van der Waals surface area contributed by atoms with Crippen molar-refractivity contribution in [1.29, 1.82) is 0 Å². The van der Waals surface area contributed by atoms with Crippen molar-refractivity contribution >= 4 is 17.8 Å². The van der Waals surface area contributed by atoms with E-state index in [1.165, 1.54) is 0 Å². The topological polar surface area (TPSA) is 105 Å². The number of aliphatic carboxylic acids is 1. The Morgan fingerprint density at radius 2 is 1.95 bits per heavy atom. The van der Waals surface area contributed by atoms with Crippen LogP contribution in [0.2, 0.25) is 0 Å². The van der Waals surface area contributed by atoms with Gasteiger partial charge in [-0.25, -0.2) is 4.79 Å². The Morgan fingerprint density at radius 1 is 1.23 bits per heavy atom. The van der Waals surface area contributed by atoms with Gasteiger partial charge in [-0.1, -0.05) is 13.8 Å². The van der Waals surface area contributed by atoms with Gasteiger partial charge in [-0.05, 0) is 31.6 Å². The Bertz CT molecular complexity index is 391. The van der Waals surface area contributed by atoms with Crippen LogP contribution in [0.1, 0.15) is 46.0 Å². The minimum absolute atomic E-state index is 0.0791. The lowest BCUT2D eigenvalue weighted by Crippen LogP contribution is -2.46. The molecule has 0 spiro atoms. The van der Waals surface area contributed by atoms with E-state index in [1.807, 2.05) is 13.8 Å². The first-order chi connectivity index (χ1) is 10.4. The summed E-state index contributed by atoms with van der Waals surface area (Å²) in [5.74, 6) is -1.66. The third kappa shape index (κ3) is 7.40. The van der Waals surface area contributed by atoms with Crippen LogP contribution in [0.4, 0.5) is 0 Å². The average molecular weight is 314 g/mol. The van der Waals surface area contributed by atoms with Crippen molar-refractivity contribution in [2.45, 2.75) is 58.1 Å². The van der Waals surface area contributed by atoms with E-state index in [0.717, 1.165) is 19.3 Å². The van der Waals surface area contributed by atoms with E-state index in [2.05, 4.69) is 10.6 Å². The average Bonchev–Trinajstić information content (AvgIpc) is 2.45. The molecule has 0 aliphatic carbocycles. The standard InChI is InChI=1S/C15H26N2O5/c1-10(2)7-12(15(20)21)17-14(19)9-16-13(18)8-11-5-3-4-6-22-11/h10-12H,3-9H2,1-2H3,(H,16,18)(H,17,19)(H,20,21)/t11?,12-/m0/s1. The molecular formula is C15H26N2O5. The van der Waals surface area contributed by atoms with Gasteiger partial charge in [-0.3, -0.25) is 9.59 Å². The summed E-state index contributed by atoms with van der Waals surface area (Å²) >= 11 is 0. The van der Waals surface area contributed by atoms with Crippen molar-refractivity contribution in [3.05, 3.63) is 0 Å². The maximum absolute atomic E-state index is 11.7. The van der Waals surface area contributed by atoms with Gasteiger partial charge >= 0.3 is 5.97 Å². The lowest BCUT2D eigenvalue weighted by molar-refractivity contribution is -0.142. The fraction of sp³-hybridized carbons (Fsp3) is 0.800. The molecule has 22 heavy (non-hydrogen) atoms. The van der Waals surface area contributed by atoms with Crippen molar-refractivity contribution in [1.82, 2.24) is 10.6 Å². The molecule has 2 atom stereocenters. The summed E-state index contributed by atoms with van der Waals surface area (Å²) in [6, 6.07) is -0.925. The summed E-state index contributed by atoms with van der Waals surface area (Å²) in [6.45, 7) is 4.23. The first-order valence-corrected chi connectivity index (χ1v) is 7.79. The van der Waals surface area contributed by atoms with E-state index in [-0.39, 0.29) is 30.9 Å². The number of ether oxygens (including phenoxy) is 1. The lowest BCUT2D eigenvalue weighted by Gasteiger charge is -2.22. The van der Waals surface area contributed by atoms with Crippen LogP contribution in [0.15, 0.2) is 0 Å². The van der Waals surface area contributed by atoms with Gasteiger partial charge in [0.15, 0.2) is 0 Å². The number of carboxylic acids is 1. The zero-order chi connectivity index (χ0) is 16.5. The molecule has 3 N–H and O–H groups in total. The molecule has 126 valence electrons. The van der Waals surface area contributed by atoms with Crippen molar-refractivity contribution in [3.63, 3.8) is 0 Å². The molecule has 0 aromatic rings. The molecule has 0 saturated carbocycles. The molecule has 0 aromatic carbocycles. The second kappa shape index (κ2) is 9.40. The fourth-order valence-electron chi connectivity index (χ4n) is 2.36. The molecule has 1 rings (SSSR count). The number of carbonyl (C=O) groups excluding carboxylic acids is 2. The van der Waals surface area contributed by atoms with Crippen LogP contribution in [0, 0.1) is 5.92 Å². The summed E-state index contributed by atoms with van der Waals surface area (Å²) in [7, 11) is 0. The molecule has 1 heterocycles. The number of carbonyl (C=O) groups is 3. The van der Waals surface area contributed by atoms with Crippen LogP contribution in [0.5, 0.6) is 0 Å². The Balaban J connectivity index is 2.28. The van der Waals surface area contributed by atoms with Gasteiger partial charge in [0, 0.05) is 6.61 Å². The first-order valence-electron chi connectivity index (χ1n) is 7.79. The number of carboxylic acid groups (broad SMARTS) is 1. The van der Waals surface area contributed by atoms with E-state index in [0.29, 0.717) is 13.0 Å². The van der Waals surface area contributed by atoms with Crippen molar-refractivity contribution in [2.75, 3.05) is 13.2 Å². The van der Waals surface area contributed by atoms with Crippen LogP contribution < -0.4 is 10.6 Å². The highest BCUT2D eigenvalue weighted by Gasteiger charge is 2.22. The van der Waals surface area contributed by atoms with E-state index in [1.54, 1.807) is 0 Å². The van der Waals surface area contributed by atoms with Gasteiger partial charge in [0.1, 0.15) is 6.04 Å². The number of rotatable bonds is 8. The first kappa shape index (κ1) is 18.4. The maximum atomic E-state index is 11.7. The summed E-state index contributed by atoms with van der Waals surface area (Å²) in [5, 5.41) is 14.0. The molecule has 1 unspecified atom stereocenters. The molecule has 0 radical (unpaired) electrons. The normalized spacial score (nSPS) is 19.5. The molecule has 0 bridgehead atoms.